The zero-order valence-corrected chi connectivity index (χ0v) is 17.9. The molecular formula is C24H27N5O2. The van der Waals surface area contributed by atoms with E-state index in [1.165, 1.54) is 5.56 Å². The Kier molecular flexibility index (Phi) is 5.06. The average Bonchev–Trinajstić information content (AvgIpc) is 3.41. The van der Waals surface area contributed by atoms with E-state index in [2.05, 4.69) is 49.6 Å². The van der Waals surface area contributed by atoms with E-state index in [0.717, 1.165) is 38.0 Å². The molecule has 5 rings (SSSR count). The molecule has 1 saturated carbocycles. The number of nitrogens with one attached hydrogen (secondary N) is 1. The van der Waals surface area contributed by atoms with Crippen molar-refractivity contribution in [2.45, 2.75) is 44.7 Å². The molecule has 0 radical (unpaired) electrons. The van der Waals surface area contributed by atoms with Gasteiger partial charge in [-0.1, -0.05) is 35.5 Å². The maximum absolute atomic E-state index is 12.8. The summed E-state index contributed by atoms with van der Waals surface area (Å²) in [5.41, 5.74) is 2.66. The topological polar surface area (TPSA) is 84.2 Å². The molecule has 3 heterocycles. The van der Waals surface area contributed by atoms with Gasteiger partial charge in [0, 0.05) is 38.1 Å². The lowest BCUT2D eigenvalue weighted by Gasteiger charge is -2.25. The Bertz CT molecular complexity index is 1080. The molecular weight excluding hydrogens is 390 g/mol. The molecule has 3 aromatic rings. The second-order valence-corrected chi connectivity index (χ2v) is 9.02. The van der Waals surface area contributed by atoms with Crippen molar-refractivity contribution in [3.8, 4) is 0 Å². The lowest BCUT2D eigenvalue weighted by molar-refractivity contribution is 0.0933. The van der Waals surface area contributed by atoms with Crippen LogP contribution in [0.4, 0.5) is 0 Å². The van der Waals surface area contributed by atoms with Crippen LogP contribution in [0.1, 0.15) is 46.0 Å². The highest BCUT2D eigenvalue weighted by atomic mass is 16.5. The third-order valence-electron chi connectivity index (χ3n) is 6.62. The van der Waals surface area contributed by atoms with Crippen molar-refractivity contribution in [1.29, 1.82) is 0 Å². The largest absolute Gasteiger partial charge is 0.349 e. The SMILES string of the molecule is Cc1cncc(C(=O)N[C@@H]2C[C@H]3CN(Cc4ccccc4)C[C@@]3(c3nc(C)no3)C2)c1. The predicted octanol–water partition coefficient (Wildman–Crippen LogP) is 3.04. The van der Waals surface area contributed by atoms with Crippen molar-refractivity contribution in [3.05, 3.63) is 77.2 Å². The Morgan fingerprint density at radius 1 is 1.26 bits per heavy atom. The first-order valence-electron chi connectivity index (χ1n) is 10.8. The van der Waals surface area contributed by atoms with Crippen LogP contribution in [0, 0.1) is 19.8 Å². The number of aromatic nitrogens is 3. The third kappa shape index (κ3) is 3.85. The predicted molar refractivity (Wildman–Crippen MR) is 115 cm³/mol. The van der Waals surface area contributed by atoms with Gasteiger partial charge in [0.15, 0.2) is 5.82 Å². The number of likely N-dealkylation sites (tertiary alicyclic amines) is 1. The minimum absolute atomic E-state index is 0.0702. The summed E-state index contributed by atoms with van der Waals surface area (Å²) in [6.45, 7) is 6.51. The van der Waals surface area contributed by atoms with Gasteiger partial charge in [-0.25, -0.2) is 0 Å². The number of hydrogen-bond donors (Lipinski definition) is 1. The molecule has 0 bridgehead atoms. The molecule has 1 aliphatic carbocycles. The smallest absolute Gasteiger partial charge is 0.253 e. The van der Waals surface area contributed by atoms with Gasteiger partial charge < -0.3 is 9.84 Å². The van der Waals surface area contributed by atoms with E-state index in [1.807, 2.05) is 26.0 Å². The first-order valence-corrected chi connectivity index (χ1v) is 10.8. The first-order chi connectivity index (χ1) is 15.0. The van der Waals surface area contributed by atoms with E-state index in [9.17, 15) is 4.79 Å². The van der Waals surface area contributed by atoms with Gasteiger partial charge in [-0.05, 0) is 49.8 Å². The second-order valence-electron chi connectivity index (χ2n) is 9.02. The fraction of sp³-hybridized carbons (Fsp3) is 0.417. The number of amides is 1. The minimum atomic E-state index is -0.223. The summed E-state index contributed by atoms with van der Waals surface area (Å²) in [7, 11) is 0. The second kappa shape index (κ2) is 7.89. The van der Waals surface area contributed by atoms with Crippen LogP contribution in [0.2, 0.25) is 0 Å². The van der Waals surface area contributed by atoms with E-state index in [1.54, 1.807) is 12.4 Å². The van der Waals surface area contributed by atoms with Crippen molar-refractivity contribution in [3.63, 3.8) is 0 Å². The number of fused-ring (bicyclic) bond motifs is 1. The fourth-order valence-corrected chi connectivity index (χ4v) is 5.33. The molecule has 3 atom stereocenters. The molecule has 1 N–H and O–H groups in total. The van der Waals surface area contributed by atoms with Gasteiger partial charge in [0.25, 0.3) is 5.91 Å². The Balaban J connectivity index is 1.35. The Labute approximate surface area is 181 Å². The zero-order chi connectivity index (χ0) is 21.4. The monoisotopic (exact) mass is 417 g/mol. The highest BCUT2D eigenvalue weighted by Gasteiger charge is 2.57. The van der Waals surface area contributed by atoms with Crippen molar-refractivity contribution in [1.82, 2.24) is 25.3 Å². The van der Waals surface area contributed by atoms with E-state index in [4.69, 9.17) is 4.52 Å². The molecule has 2 aliphatic rings. The number of rotatable bonds is 5. The molecule has 1 aromatic carbocycles. The fourth-order valence-electron chi connectivity index (χ4n) is 5.33. The Morgan fingerprint density at radius 3 is 2.84 bits per heavy atom. The molecule has 7 heteroatoms. The number of carbonyl (C=O) groups is 1. The quantitative estimate of drug-likeness (QED) is 0.687. The van der Waals surface area contributed by atoms with Crippen LogP contribution in [0.3, 0.4) is 0 Å². The molecule has 0 unspecified atom stereocenters. The molecule has 1 amide bonds. The molecule has 31 heavy (non-hydrogen) atoms. The molecule has 7 nitrogen and oxygen atoms in total. The third-order valence-corrected chi connectivity index (χ3v) is 6.62. The van der Waals surface area contributed by atoms with Crippen molar-refractivity contribution in [2.75, 3.05) is 13.1 Å². The van der Waals surface area contributed by atoms with Gasteiger partial charge in [0.05, 0.1) is 11.0 Å². The van der Waals surface area contributed by atoms with Crippen LogP contribution in [0.25, 0.3) is 0 Å². The van der Waals surface area contributed by atoms with Crippen LogP contribution in [0.15, 0.2) is 53.3 Å². The molecule has 1 saturated heterocycles. The summed E-state index contributed by atoms with van der Waals surface area (Å²) in [5.74, 6) is 1.65. The summed E-state index contributed by atoms with van der Waals surface area (Å²) in [4.78, 5) is 24.1. The number of carbonyl (C=O) groups excluding carboxylic acids is 1. The van der Waals surface area contributed by atoms with Gasteiger partial charge >= 0.3 is 0 Å². The molecule has 2 aromatic heterocycles. The zero-order valence-electron chi connectivity index (χ0n) is 17.9. The summed E-state index contributed by atoms with van der Waals surface area (Å²) in [5, 5.41) is 7.30. The number of hydrogen-bond acceptors (Lipinski definition) is 6. The van der Waals surface area contributed by atoms with E-state index >= 15 is 0 Å². The van der Waals surface area contributed by atoms with E-state index < -0.39 is 0 Å². The van der Waals surface area contributed by atoms with Crippen LogP contribution in [0.5, 0.6) is 0 Å². The van der Waals surface area contributed by atoms with Crippen LogP contribution in [-0.2, 0) is 12.0 Å². The number of pyridine rings is 1. The van der Waals surface area contributed by atoms with Crippen molar-refractivity contribution in [2.24, 2.45) is 5.92 Å². The average molecular weight is 418 g/mol. The molecule has 0 spiro atoms. The van der Waals surface area contributed by atoms with Gasteiger partial charge in [-0.3, -0.25) is 14.7 Å². The van der Waals surface area contributed by atoms with E-state index in [-0.39, 0.29) is 17.4 Å². The Morgan fingerprint density at radius 2 is 2.10 bits per heavy atom. The van der Waals surface area contributed by atoms with Crippen LogP contribution in [-0.4, -0.2) is 45.1 Å². The Hall–Kier alpha value is -3.06. The van der Waals surface area contributed by atoms with Gasteiger partial charge in [-0.2, -0.15) is 4.98 Å². The van der Waals surface area contributed by atoms with E-state index in [0.29, 0.717) is 23.2 Å². The summed E-state index contributed by atoms with van der Waals surface area (Å²) in [6, 6.07) is 12.5. The first kappa shape index (κ1) is 19.9. The maximum Gasteiger partial charge on any atom is 0.253 e. The number of nitrogens with zero attached hydrogens (tertiary/aromatic N) is 4. The van der Waals surface area contributed by atoms with Gasteiger partial charge in [-0.15, -0.1) is 0 Å². The number of aryl methyl sites for hydroxylation is 2. The molecule has 2 fully saturated rings. The lowest BCUT2D eigenvalue weighted by atomic mass is 9.80. The lowest BCUT2D eigenvalue weighted by Crippen LogP contribution is -2.38. The van der Waals surface area contributed by atoms with Crippen LogP contribution >= 0.6 is 0 Å². The van der Waals surface area contributed by atoms with Gasteiger partial charge in [0.2, 0.25) is 5.89 Å². The summed E-state index contributed by atoms with van der Waals surface area (Å²) in [6.07, 6.45) is 5.08. The van der Waals surface area contributed by atoms with Crippen molar-refractivity contribution < 1.29 is 9.32 Å². The molecule has 160 valence electrons. The maximum atomic E-state index is 12.8. The summed E-state index contributed by atoms with van der Waals surface area (Å²) >= 11 is 0. The normalized spacial score (nSPS) is 25.5. The number of benzene rings is 1. The van der Waals surface area contributed by atoms with Crippen LogP contribution < -0.4 is 5.32 Å². The van der Waals surface area contributed by atoms with Crippen molar-refractivity contribution >= 4 is 5.91 Å². The minimum Gasteiger partial charge on any atom is -0.349 e. The highest BCUT2D eigenvalue weighted by Crippen LogP contribution is 2.50. The highest BCUT2D eigenvalue weighted by molar-refractivity contribution is 5.94. The molecule has 1 aliphatic heterocycles. The summed E-state index contributed by atoms with van der Waals surface area (Å²) < 4.78 is 5.69. The standard InChI is InChI=1S/C24H27N5O2/c1-16-8-19(12-25-11-16)22(30)27-21-9-20-14-29(13-18-6-4-3-5-7-18)15-24(20,10-21)23-26-17(2)28-31-23/h3-8,11-12,20-21H,9-10,13-15H2,1-2H3,(H,27,30)/t20-,21+,24-/m0/s1. The van der Waals surface area contributed by atoms with Gasteiger partial charge in [0.1, 0.15) is 0 Å².